The van der Waals surface area contributed by atoms with E-state index in [1.54, 1.807) is 23.5 Å². The van der Waals surface area contributed by atoms with E-state index in [0.717, 1.165) is 16.0 Å². The molecular formula is C20H17ClFNOS. The molecule has 0 spiro atoms. The molecule has 0 radical (unpaired) electrons. The van der Waals surface area contributed by atoms with E-state index in [-0.39, 0.29) is 17.8 Å². The molecule has 2 nitrogen and oxygen atoms in total. The number of carbonyl (C=O) groups is 1. The molecule has 3 aromatic rings. The molecule has 0 fully saturated rings. The predicted molar refractivity (Wildman–Crippen MR) is 100 cm³/mol. The van der Waals surface area contributed by atoms with Gasteiger partial charge in [-0.25, -0.2) is 4.39 Å². The fourth-order valence-corrected chi connectivity index (χ4v) is 3.50. The molecule has 1 unspecified atom stereocenters. The topological polar surface area (TPSA) is 29.1 Å². The average molecular weight is 374 g/mol. The van der Waals surface area contributed by atoms with Crippen molar-refractivity contribution in [1.82, 2.24) is 5.32 Å². The second-order valence-corrected chi connectivity index (χ2v) is 7.11. The van der Waals surface area contributed by atoms with Gasteiger partial charge in [0.15, 0.2) is 0 Å². The largest absolute Gasteiger partial charge is 0.344 e. The van der Waals surface area contributed by atoms with Gasteiger partial charge in [-0.3, -0.25) is 4.79 Å². The number of thiophene rings is 1. The molecule has 0 aliphatic rings. The van der Waals surface area contributed by atoms with E-state index in [0.29, 0.717) is 17.9 Å². The molecule has 1 N–H and O–H groups in total. The number of carbonyl (C=O) groups excluding carboxylic acids is 1. The van der Waals surface area contributed by atoms with Crippen LogP contribution in [0.25, 0.3) is 0 Å². The summed E-state index contributed by atoms with van der Waals surface area (Å²) in [5.41, 5.74) is 1.93. The van der Waals surface area contributed by atoms with Crippen LogP contribution in [0.1, 0.15) is 28.5 Å². The quantitative estimate of drug-likeness (QED) is 0.617. The predicted octanol–water partition coefficient (Wildman–Crippen LogP) is 5.38. The van der Waals surface area contributed by atoms with Crippen LogP contribution in [0.2, 0.25) is 5.02 Å². The number of benzene rings is 2. The Morgan fingerprint density at radius 3 is 2.44 bits per heavy atom. The van der Waals surface area contributed by atoms with Crippen molar-refractivity contribution in [2.24, 2.45) is 0 Å². The molecule has 0 saturated heterocycles. The summed E-state index contributed by atoms with van der Waals surface area (Å²) in [5, 5.41) is 5.71. The van der Waals surface area contributed by atoms with Gasteiger partial charge in [-0.15, -0.1) is 11.3 Å². The highest BCUT2D eigenvalue weighted by molar-refractivity contribution is 7.10. The first kappa shape index (κ1) is 17.6. The van der Waals surface area contributed by atoms with E-state index in [2.05, 4.69) is 5.32 Å². The second-order valence-electron chi connectivity index (χ2n) is 5.69. The highest BCUT2D eigenvalue weighted by Crippen LogP contribution is 2.26. The third-order valence-electron chi connectivity index (χ3n) is 3.89. The first-order valence-corrected chi connectivity index (χ1v) is 9.20. The van der Waals surface area contributed by atoms with Crippen molar-refractivity contribution in [1.29, 1.82) is 0 Å². The number of rotatable bonds is 6. The lowest BCUT2D eigenvalue weighted by Gasteiger charge is -2.18. The molecule has 1 aromatic heterocycles. The molecule has 0 aliphatic carbocycles. The highest BCUT2D eigenvalue weighted by atomic mass is 35.5. The molecule has 0 saturated carbocycles. The molecule has 5 heteroatoms. The van der Waals surface area contributed by atoms with Gasteiger partial charge in [0.05, 0.1) is 6.04 Å². The van der Waals surface area contributed by atoms with Crippen LogP contribution < -0.4 is 5.32 Å². The van der Waals surface area contributed by atoms with Gasteiger partial charge in [-0.05, 0) is 53.3 Å². The number of nitrogens with one attached hydrogen (secondary N) is 1. The van der Waals surface area contributed by atoms with E-state index < -0.39 is 0 Å². The minimum absolute atomic E-state index is 0.0438. The van der Waals surface area contributed by atoms with Crippen LogP contribution in [0.3, 0.4) is 0 Å². The highest BCUT2D eigenvalue weighted by Gasteiger charge is 2.18. The summed E-state index contributed by atoms with van der Waals surface area (Å²) in [6.45, 7) is 0. The normalized spacial score (nSPS) is 11.9. The van der Waals surface area contributed by atoms with Gasteiger partial charge in [0.25, 0.3) is 0 Å². The van der Waals surface area contributed by atoms with Crippen molar-refractivity contribution in [3.8, 4) is 0 Å². The average Bonchev–Trinajstić information content (AvgIpc) is 3.14. The summed E-state index contributed by atoms with van der Waals surface area (Å²) in [4.78, 5) is 13.4. The lowest BCUT2D eigenvalue weighted by molar-refractivity contribution is -0.121. The Kier molecular flexibility index (Phi) is 5.84. The molecule has 0 aliphatic heterocycles. The minimum Gasteiger partial charge on any atom is -0.344 e. The summed E-state index contributed by atoms with van der Waals surface area (Å²) < 4.78 is 13.2. The maximum Gasteiger partial charge on any atom is 0.221 e. The Hall–Kier alpha value is -2.17. The van der Waals surface area contributed by atoms with Gasteiger partial charge in [-0.2, -0.15) is 0 Å². The molecule has 1 atom stereocenters. The smallest absolute Gasteiger partial charge is 0.221 e. The number of halogens is 2. The van der Waals surface area contributed by atoms with Crippen molar-refractivity contribution in [2.75, 3.05) is 0 Å². The minimum atomic E-state index is -0.289. The number of hydrogen-bond acceptors (Lipinski definition) is 2. The standard InChI is InChI=1S/C20H17ClFNOS/c21-16-8-3-14(4-9-16)5-12-19(24)23-20(18-2-1-13-25-18)15-6-10-17(22)11-7-15/h1-4,6-11,13,20H,5,12H2,(H,23,24). The van der Waals surface area contributed by atoms with E-state index in [9.17, 15) is 9.18 Å². The summed E-state index contributed by atoms with van der Waals surface area (Å²) in [7, 11) is 0. The zero-order valence-corrected chi connectivity index (χ0v) is 15.0. The third kappa shape index (κ3) is 4.91. The monoisotopic (exact) mass is 373 g/mol. The van der Waals surface area contributed by atoms with Crippen LogP contribution in [0.4, 0.5) is 4.39 Å². The van der Waals surface area contributed by atoms with Gasteiger partial charge >= 0.3 is 0 Å². The molecule has 1 amide bonds. The van der Waals surface area contributed by atoms with Crippen molar-refractivity contribution in [3.63, 3.8) is 0 Å². The van der Waals surface area contributed by atoms with Crippen LogP contribution in [-0.2, 0) is 11.2 Å². The Morgan fingerprint density at radius 2 is 1.80 bits per heavy atom. The fourth-order valence-electron chi connectivity index (χ4n) is 2.57. The van der Waals surface area contributed by atoms with Crippen molar-refractivity contribution in [2.45, 2.75) is 18.9 Å². The van der Waals surface area contributed by atoms with Crippen LogP contribution >= 0.6 is 22.9 Å². The Labute approximate surface area is 155 Å². The zero-order valence-electron chi connectivity index (χ0n) is 13.4. The van der Waals surface area contributed by atoms with Gasteiger partial charge in [0.2, 0.25) is 5.91 Å². The first-order chi connectivity index (χ1) is 12.1. The molecule has 128 valence electrons. The lowest BCUT2D eigenvalue weighted by atomic mass is 10.0. The van der Waals surface area contributed by atoms with E-state index in [1.807, 2.05) is 41.8 Å². The number of hydrogen-bond donors (Lipinski definition) is 1. The summed E-state index contributed by atoms with van der Waals surface area (Å²) in [6, 6.07) is 17.4. The van der Waals surface area contributed by atoms with Crippen LogP contribution in [0, 0.1) is 5.82 Å². The maximum absolute atomic E-state index is 13.2. The first-order valence-electron chi connectivity index (χ1n) is 7.94. The summed E-state index contributed by atoms with van der Waals surface area (Å²) >= 11 is 7.44. The van der Waals surface area contributed by atoms with Crippen LogP contribution in [-0.4, -0.2) is 5.91 Å². The lowest BCUT2D eigenvalue weighted by Crippen LogP contribution is -2.29. The number of amides is 1. The molecule has 0 bridgehead atoms. The summed E-state index contributed by atoms with van der Waals surface area (Å²) in [6.07, 6.45) is 1.02. The Morgan fingerprint density at radius 1 is 1.08 bits per heavy atom. The van der Waals surface area contributed by atoms with Crippen molar-refractivity contribution >= 4 is 28.8 Å². The van der Waals surface area contributed by atoms with Crippen LogP contribution in [0.15, 0.2) is 66.0 Å². The van der Waals surface area contributed by atoms with E-state index >= 15 is 0 Å². The summed E-state index contributed by atoms with van der Waals surface area (Å²) in [5.74, 6) is -0.333. The molecule has 25 heavy (non-hydrogen) atoms. The zero-order chi connectivity index (χ0) is 17.6. The fraction of sp³-hybridized carbons (Fsp3) is 0.150. The van der Waals surface area contributed by atoms with Crippen molar-refractivity contribution in [3.05, 3.63) is 92.9 Å². The molecule has 3 rings (SSSR count). The third-order valence-corrected chi connectivity index (χ3v) is 5.08. The number of aryl methyl sites for hydroxylation is 1. The maximum atomic E-state index is 13.2. The Balaban J connectivity index is 1.68. The van der Waals surface area contributed by atoms with Gasteiger partial charge in [-0.1, -0.05) is 41.9 Å². The van der Waals surface area contributed by atoms with Gasteiger partial charge in [0, 0.05) is 16.3 Å². The molecular weight excluding hydrogens is 357 g/mol. The van der Waals surface area contributed by atoms with E-state index in [1.165, 1.54) is 12.1 Å². The van der Waals surface area contributed by atoms with Crippen molar-refractivity contribution < 1.29 is 9.18 Å². The van der Waals surface area contributed by atoms with Crippen LogP contribution in [0.5, 0.6) is 0 Å². The van der Waals surface area contributed by atoms with Gasteiger partial charge in [0.1, 0.15) is 5.82 Å². The van der Waals surface area contributed by atoms with E-state index in [4.69, 9.17) is 11.6 Å². The SMILES string of the molecule is O=C(CCc1ccc(Cl)cc1)NC(c1ccc(F)cc1)c1cccs1. The molecule has 1 heterocycles. The molecule has 2 aromatic carbocycles. The Bertz CT molecular complexity index is 816. The van der Waals surface area contributed by atoms with Gasteiger partial charge < -0.3 is 5.32 Å². The second kappa shape index (κ2) is 8.28.